The van der Waals surface area contributed by atoms with E-state index in [1.54, 1.807) is 24.3 Å². The van der Waals surface area contributed by atoms with Crippen molar-refractivity contribution in [2.45, 2.75) is 38.5 Å². The van der Waals surface area contributed by atoms with Crippen LogP contribution < -0.4 is 4.72 Å². The van der Waals surface area contributed by atoms with Crippen LogP contribution in [-0.4, -0.2) is 17.8 Å². The fourth-order valence-electron chi connectivity index (χ4n) is 2.61. The summed E-state index contributed by atoms with van der Waals surface area (Å²) in [6, 6.07) is 10.5. The zero-order chi connectivity index (χ0) is 17.5. The first-order valence-corrected chi connectivity index (χ1v) is 9.35. The topological polar surface area (TPSA) is 63.5 Å². The van der Waals surface area contributed by atoms with Crippen LogP contribution in [0.25, 0.3) is 5.65 Å². The van der Waals surface area contributed by atoms with Crippen LogP contribution in [-0.2, 0) is 10.0 Å². The van der Waals surface area contributed by atoms with Gasteiger partial charge in [-0.15, -0.1) is 0 Å². The van der Waals surface area contributed by atoms with Gasteiger partial charge in [-0.3, -0.25) is 4.72 Å². The summed E-state index contributed by atoms with van der Waals surface area (Å²) in [7, 11) is -3.65. The largest absolute Gasteiger partial charge is 0.302 e. The molecular formula is C18H21N3O2S. The minimum atomic E-state index is -3.65. The molecule has 3 aromatic rings. The average molecular weight is 343 g/mol. The summed E-state index contributed by atoms with van der Waals surface area (Å²) >= 11 is 0. The molecule has 1 aromatic carbocycles. The molecule has 0 aliphatic carbocycles. The lowest BCUT2D eigenvalue weighted by Gasteiger charge is -2.11. The Hall–Kier alpha value is -2.34. The van der Waals surface area contributed by atoms with Gasteiger partial charge < -0.3 is 4.40 Å². The summed E-state index contributed by atoms with van der Waals surface area (Å²) in [5.74, 6) is 0.360. The molecule has 0 aliphatic rings. The molecule has 0 fully saturated rings. The third-order valence-corrected chi connectivity index (χ3v) is 5.61. The van der Waals surface area contributed by atoms with Crippen LogP contribution in [0.1, 0.15) is 36.7 Å². The summed E-state index contributed by atoms with van der Waals surface area (Å²) in [5, 5.41) is 0. The molecule has 0 unspecified atom stereocenters. The second-order valence-corrected chi connectivity index (χ2v) is 7.91. The number of hydrogen-bond donors (Lipinski definition) is 1. The molecule has 5 nitrogen and oxygen atoms in total. The zero-order valence-corrected chi connectivity index (χ0v) is 15.1. The first-order valence-electron chi connectivity index (χ1n) is 7.86. The minimum absolute atomic E-state index is 0.244. The molecule has 0 amide bonds. The van der Waals surface area contributed by atoms with Crippen LogP contribution in [0.2, 0.25) is 0 Å². The number of benzene rings is 1. The van der Waals surface area contributed by atoms with Crippen molar-refractivity contribution in [3.63, 3.8) is 0 Å². The predicted octanol–water partition coefficient (Wildman–Crippen LogP) is 3.88. The highest BCUT2D eigenvalue weighted by Crippen LogP contribution is 2.23. The van der Waals surface area contributed by atoms with Crippen LogP contribution in [0, 0.1) is 13.8 Å². The number of anilines is 1. The van der Waals surface area contributed by atoms with Gasteiger partial charge in [-0.05, 0) is 49.6 Å². The monoisotopic (exact) mass is 343 g/mol. The SMILES string of the molecule is Cc1nc2c(NS(=O)(=O)c3ccc(C(C)C)cc3)cccn2c1C. The van der Waals surface area contributed by atoms with Crippen molar-refractivity contribution >= 4 is 21.4 Å². The molecule has 126 valence electrons. The molecule has 24 heavy (non-hydrogen) atoms. The first-order chi connectivity index (χ1) is 11.3. The minimum Gasteiger partial charge on any atom is -0.302 e. The Morgan fingerprint density at radius 2 is 1.75 bits per heavy atom. The average Bonchev–Trinajstić information content (AvgIpc) is 2.84. The number of fused-ring (bicyclic) bond motifs is 1. The van der Waals surface area contributed by atoms with E-state index in [-0.39, 0.29) is 4.90 Å². The maximum absolute atomic E-state index is 12.7. The number of aryl methyl sites for hydroxylation is 2. The highest BCUT2D eigenvalue weighted by atomic mass is 32.2. The second kappa shape index (κ2) is 5.94. The van der Waals surface area contributed by atoms with Gasteiger partial charge in [0.2, 0.25) is 0 Å². The van der Waals surface area contributed by atoms with E-state index in [4.69, 9.17) is 0 Å². The van der Waals surface area contributed by atoms with Gasteiger partial charge in [0.05, 0.1) is 16.3 Å². The van der Waals surface area contributed by atoms with Crippen molar-refractivity contribution < 1.29 is 8.42 Å². The van der Waals surface area contributed by atoms with E-state index in [9.17, 15) is 8.42 Å². The Balaban J connectivity index is 1.99. The molecule has 2 heterocycles. The Labute approximate surface area is 142 Å². The Morgan fingerprint density at radius 1 is 1.08 bits per heavy atom. The fourth-order valence-corrected chi connectivity index (χ4v) is 3.68. The van der Waals surface area contributed by atoms with Gasteiger partial charge >= 0.3 is 0 Å². The zero-order valence-electron chi connectivity index (χ0n) is 14.2. The second-order valence-electron chi connectivity index (χ2n) is 6.23. The van der Waals surface area contributed by atoms with Gasteiger partial charge in [0, 0.05) is 11.9 Å². The summed E-state index contributed by atoms with van der Waals surface area (Å²) in [6.07, 6.45) is 1.87. The van der Waals surface area contributed by atoms with E-state index in [2.05, 4.69) is 23.6 Å². The normalized spacial score (nSPS) is 12.0. The van der Waals surface area contributed by atoms with Crippen molar-refractivity contribution in [1.29, 1.82) is 0 Å². The Bertz CT molecular complexity index is 987. The third kappa shape index (κ3) is 2.89. The van der Waals surface area contributed by atoms with E-state index < -0.39 is 10.0 Å². The van der Waals surface area contributed by atoms with E-state index in [1.807, 2.05) is 36.6 Å². The molecular weight excluding hydrogens is 322 g/mol. The Morgan fingerprint density at radius 3 is 2.38 bits per heavy atom. The molecule has 0 saturated carbocycles. The number of hydrogen-bond acceptors (Lipinski definition) is 3. The molecule has 3 rings (SSSR count). The molecule has 0 aliphatic heterocycles. The molecule has 2 aromatic heterocycles. The van der Waals surface area contributed by atoms with Gasteiger partial charge in [-0.25, -0.2) is 13.4 Å². The molecule has 0 spiro atoms. The van der Waals surface area contributed by atoms with Crippen molar-refractivity contribution in [3.05, 3.63) is 59.5 Å². The smallest absolute Gasteiger partial charge is 0.262 e. The van der Waals surface area contributed by atoms with Gasteiger partial charge in [0.25, 0.3) is 10.0 Å². The Kier molecular flexibility index (Phi) is 4.09. The lowest BCUT2D eigenvalue weighted by Crippen LogP contribution is -2.14. The van der Waals surface area contributed by atoms with Gasteiger partial charge in [-0.1, -0.05) is 26.0 Å². The number of nitrogens with zero attached hydrogens (tertiary/aromatic N) is 2. The summed E-state index contributed by atoms with van der Waals surface area (Å²) in [6.45, 7) is 8.01. The van der Waals surface area contributed by atoms with Crippen LogP contribution >= 0.6 is 0 Å². The molecule has 0 atom stereocenters. The van der Waals surface area contributed by atoms with Gasteiger partial charge in [0.15, 0.2) is 5.65 Å². The first kappa shape index (κ1) is 16.5. The van der Waals surface area contributed by atoms with Crippen molar-refractivity contribution in [2.75, 3.05) is 4.72 Å². The predicted molar refractivity (Wildman–Crippen MR) is 96.0 cm³/mol. The molecule has 1 N–H and O–H groups in total. The maximum Gasteiger partial charge on any atom is 0.262 e. The maximum atomic E-state index is 12.7. The molecule has 6 heteroatoms. The van der Waals surface area contributed by atoms with E-state index in [0.717, 1.165) is 17.0 Å². The standard InChI is InChI=1S/C18H21N3O2S/c1-12(2)15-7-9-16(10-8-15)24(22,23)20-17-6-5-11-21-14(4)13(3)19-18(17)21/h5-12,20H,1-4H3. The van der Waals surface area contributed by atoms with Gasteiger partial charge in [-0.2, -0.15) is 0 Å². The van der Waals surface area contributed by atoms with Crippen LogP contribution in [0.5, 0.6) is 0 Å². The van der Waals surface area contributed by atoms with E-state index in [0.29, 0.717) is 17.3 Å². The number of pyridine rings is 1. The quantitative estimate of drug-likeness (QED) is 0.782. The van der Waals surface area contributed by atoms with Crippen molar-refractivity contribution in [1.82, 2.24) is 9.38 Å². The lowest BCUT2D eigenvalue weighted by atomic mass is 10.0. The molecule has 0 bridgehead atoms. The van der Waals surface area contributed by atoms with Gasteiger partial charge in [0.1, 0.15) is 0 Å². The van der Waals surface area contributed by atoms with Crippen molar-refractivity contribution in [2.24, 2.45) is 0 Å². The lowest BCUT2D eigenvalue weighted by molar-refractivity contribution is 0.601. The van der Waals surface area contributed by atoms with Crippen LogP contribution in [0.4, 0.5) is 5.69 Å². The summed E-state index contributed by atoms with van der Waals surface area (Å²) < 4.78 is 29.9. The number of aromatic nitrogens is 2. The number of sulfonamides is 1. The fraction of sp³-hybridized carbons (Fsp3) is 0.278. The number of rotatable bonds is 4. The summed E-state index contributed by atoms with van der Waals surface area (Å²) in [4.78, 5) is 4.71. The van der Waals surface area contributed by atoms with E-state index >= 15 is 0 Å². The third-order valence-electron chi connectivity index (χ3n) is 4.23. The van der Waals surface area contributed by atoms with Crippen LogP contribution in [0.15, 0.2) is 47.5 Å². The highest BCUT2D eigenvalue weighted by Gasteiger charge is 2.17. The highest BCUT2D eigenvalue weighted by molar-refractivity contribution is 7.92. The number of imidazole rings is 1. The molecule has 0 radical (unpaired) electrons. The van der Waals surface area contributed by atoms with E-state index in [1.165, 1.54) is 0 Å². The molecule has 0 saturated heterocycles. The number of nitrogens with one attached hydrogen (secondary N) is 1. The van der Waals surface area contributed by atoms with Crippen LogP contribution in [0.3, 0.4) is 0 Å². The van der Waals surface area contributed by atoms with Crippen molar-refractivity contribution in [3.8, 4) is 0 Å². The summed E-state index contributed by atoms with van der Waals surface area (Å²) in [5.41, 5.74) is 4.06.